The van der Waals surface area contributed by atoms with Gasteiger partial charge < -0.3 is 20.9 Å². The second kappa shape index (κ2) is 8.51. The standard InChI is InChI=1S/C23H24FN5O/c1-28-9-11-29(12-10-28)20-7-5-19(6-8-20)27-21-14-17(15-26-22(21)23(25)30)16-3-2-4-18(24)13-16/h2-8,13-15,27H,9-12H2,1H3,(H2,25,30). The summed E-state index contributed by atoms with van der Waals surface area (Å²) in [5.74, 6) is -0.960. The Morgan fingerprint density at radius 1 is 1.03 bits per heavy atom. The van der Waals surface area contributed by atoms with E-state index in [-0.39, 0.29) is 11.5 Å². The SMILES string of the molecule is CN1CCN(c2ccc(Nc3cc(-c4cccc(F)c4)cnc3C(N)=O)cc2)CC1. The molecule has 1 fully saturated rings. The highest BCUT2D eigenvalue weighted by Gasteiger charge is 2.15. The summed E-state index contributed by atoms with van der Waals surface area (Å²) < 4.78 is 13.6. The van der Waals surface area contributed by atoms with Crippen molar-refractivity contribution in [3.8, 4) is 11.1 Å². The molecule has 6 nitrogen and oxygen atoms in total. The summed E-state index contributed by atoms with van der Waals surface area (Å²) in [6, 6.07) is 16.0. The van der Waals surface area contributed by atoms with Crippen LogP contribution < -0.4 is 16.0 Å². The molecule has 0 bridgehead atoms. The van der Waals surface area contributed by atoms with E-state index in [9.17, 15) is 9.18 Å². The van der Waals surface area contributed by atoms with Crippen molar-refractivity contribution in [1.29, 1.82) is 0 Å². The number of halogens is 1. The number of hydrogen-bond donors (Lipinski definition) is 2. The minimum absolute atomic E-state index is 0.137. The zero-order valence-corrected chi connectivity index (χ0v) is 16.8. The van der Waals surface area contributed by atoms with Gasteiger partial charge in [-0.2, -0.15) is 0 Å². The van der Waals surface area contributed by atoms with Crippen LogP contribution in [-0.2, 0) is 0 Å². The number of rotatable bonds is 5. The van der Waals surface area contributed by atoms with Gasteiger partial charge in [-0.25, -0.2) is 9.37 Å². The van der Waals surface area contributed by atoms with E-state index < -0.39 is 5.91 Å². The van der Waals surface area contributed by atoms with E-state index in [1.165, 1.54) is 18.3 Å². The maximum absolute atomic E-state index is 13.6. The summed E-state index contributed by atoms with van der Waals surface area (Å²) >= 11 is 0. The molecule has 0 unspecified atom stereocenters. The predicted octanol–water partition coefficient (Wildman–Crippen LogP) is 3.48. The third-order valence-electron chi connectivity index (χ3n) is 5.29. The van der Waals surface area contributed by atoms with Crippen LogP contribution >= 0.6 is 0 Å². The number of carbonyl (C=O) groups is 1. The summed E-state index contributed by atoms with van der Waals surface area (Å²) in [5, 5.41) is 3.23. The van der Waals surface area contributed by atoms with Gasteiger partial charge in [-0.15, -0.1) is 0 Å². The third kappa shape index (κ3) is 4.41. The first-order chi connectivity index (χ1) is 14.5. The Kier molecular flexibility index (Phi) is 5.63. The van der Waals surface area contributed by atoms with Gasteiger partial charge in [-0.1, -0.05) is 12.1 Å². The molecule has 1 aromatic heterocycles. The topological polar surface area (TPSA) is 74.5 Å². The molecule has 30 heavy (non-hydrogen) atoms. The van der Waals surface area contributed by atoms with Crippen molar-refractivity contribution in [3.63, 3.8) is 0 Å². The number of hydrogen-bond acceptors (Lipinski definition) is 5. The van der Waals surface area contributed by atoms with Gasteiger partial charge in [-0.3, -0.25) is 4.79 Å². The van der Waals surface area contributed by atoms with Gasteiger partial charge in [0.1, 0.15) is 5.82 Å². The monoisotopic (exact) mass is 405 g/mol. The van der Waals surface area contributed by atoms with E-state index >= 15 is 0 Å². The minimum Gasteiger partial charge on any atom is -0.369 e. The van der Waals surface area contributed by atoms with Crippen LogP contribution in [0.5, 0.6) is 0 Å². The van der Waals surface area contributed by atoms with Crippen LogP contribution in [0.4, 0.5) is 21.5 Å². The van der Waals surface area contributed by atoms with E-state index in [4.69, 9.17) is 5.73 Å². The van der Waals surface area contributed by atoms with Crippen LogP contribution in [-0.4, -0.2) is 49.0 Å². The van der Waals surface area contributed by atoms with Gasteiger partial charge >= 0.3 is 0 Å². The van der Waals surface area contributed by atoms with E-state index in [0.29, 0.717) is 16.8 Å². The van der Waals surface area contributed by atoms with Gasteiger partial charge in [0, 0.05) is 49.3 Å². The van der Waals surface area contributed by atoms with Crippen molar-refractivity contribution >= 4 is 23.0 Å². The first-order valence-electron chi connectivity index (χ1n) is 9.86. The number of nitrogens with zero attached hydrogens (tertiary/aromatic N) is 3. The summed E-state index contributed by atoms with van der Waals surface area (Å²) in [7, 11) is 2.13. The van der Waals surface area contributed by atoms with Crippen molar-refractivity contribution in [2.75, 3.05) is 43.4 Å². The van der Waals surface area contributed by atoms with Gasteiger partial charge in [0.2, 0.25) is 0 Å². The van der Waals surface area contributed by atoms with Crippen molar-refractivity contribution in [3.05, 3.63) is 72.3 Å². The highest BCUT2D eigenvalue weighted by Crippen LogP contribution is 2.28. The van der Waals surface area contributed by atoms with E-state index in [0.717, 1.165) is 37.6 Å². The second-order valence-corrected chi connectivity index (χ2v) is 7.46. The maximum atomic E-state index is 13.6. The summed E-state index contributed by atoms with van der Waals surface area (Å²) in [4.78, 5) is 20.7. The summed E-state index contributed by atoms with van der Waals surface area (Å²) in [6.07, 6.45) is 1.52. The number of likely N-dealkylation sites (N-methyl/N-ethyl adjacent to an activating group) is 1. The molecule has 2 aromatic carbocycles. The molecule has 2 heterocycles. The average molecular weight is 405 g/mol. The van der Waals surface area contributed by atoms with Crippen LogP contribution in [0.2, 0.25) is 0 Å². The van der Waals surface area contributed by atoms with Crippen molar-refractivity contribution < 1.29 is 9.18 Å². The zero-order chi connectivity index (χ0) is 21.1. The molecule has 0 aliphatic carbocycles. The molecule has 1 saturated heterocycles. The third-order valence-corrected chi connectivity index (χ3v) is 5.29. The molecular weight excluding hydrogens is 381 g/mol. The largest absolute Gasteiger partial charge is 0.369 e. The van der Waals surface area contributed by atoms with Crippen LogP contribution in [0, 0.1) is 5.82 Å². The number of anilines is 3. The van der Waals surface area contributed by atoms with E-state index in [2.05, 4.69) is 39.3 Å². The Hall–Kier alpha value is -3.45. The maximum Gasteiger partial charge on any atom is 0.269 e. The van der Waals surface area contributed by atoms with E-state index in [1.54, 1.807) is 18.2 Å². The molecule has 154 valence electrons. The van der Waals surface area contributed by atoms with Crippen molar-refractivity contribution in [1.82, 2.24) is 9.88 Å². The number of aromatic nitrogens is 1. The number of benzene rings is 2. The lowest BCUT2D eigenvalue weighted by Gasteiger charge is -2.34. The lowest BCUT2D eigenvalue weighted by molar-refractivity contribution is 0.0996. The molecule has 1 aliphatic heterocycles. The summed E-state index contributed by atoms with van der Waals surface area (Å²) in [5.41, 5.74) is 9.46. The number of primary amides is 1. The molecule has 0 spiro atoms. The van der Waals surface area contributed by atoms with Crippen LogP contribution in [0.25, 0.3) is 11.1 Å². The van der Waals surface area contributed by atoms with Gasteiger partial charge in [0.25, 0.3) is 5.91 Å². The predicted molar refractivity (Wildman–Crippen MR) is 118 cm³/mol. The molecule has 1 aliphatic rings. The highest BCUT2D eigenvalue weighted by atomic mass is 19.1. The molecule has 3 aromatic rings. The fourth-order valence-electron chi connectivity index (χ4n) is 3.56. The Bertz CT molecular complexity index is 1050. The second-order valence-electron chi connectivity index (χ2n) is 7.46. The Labute approximate surface area is 175 Å². The lowest BCUT2D eigenvalue weighted by Crippen LogP contribution is -2.44. The fourth-order valence-corrected chi connectivity index (χ4v) is 3.56. The average Bonchev–Trinajstić information content (AvgIpc) is 2.75. The van der Waals surface area contributed by atoms with Crippen LogP contribution in [0.15, 0.2) is 60.8 Å². The Morgan fingerprint density at radius 2 is 1.77 bits per heavy atom. The fraction of sp³-hybridized carbons (Fsp3) is 0.217. The lowest BCUT2D eigenvalue weighted by atomic mass is 10.1. The Balaban J connectivity index is 1.58. The number of amides is 1. The number of piperazine rings is 1. The highest BCUT2D eigenvalue weighted by molar-refractivity contribution is 5.98. The first kappa shape index (κ1) is 19.8. The number of nitrogens with two attached hydrogens (primary N) is 1. The number of pyridine rings is 1. The van der Waals surface area contributed by atoms with Gasteiger partial charge in [0.15, 0.2) is 5.69 Å². The quantitative estimate of drug-likeness (QED) is 0.680. The van der Waals surface area contributed by atoms with Crippen molar-refractivity contribution in [2.45, 2.75) is 0 Å². The van der Waals surface area contributed by atoms with Gasteiger partial charge in [-0.05, 0) is 55.1 Å². The number of carbonyl (C=O) groups excluding carboxylic acids is 1. The molecule has 4 rings (SSSR count). The van der Waals surface area contributed by atoms with Crippen molar-refractivity contribution in [2.24, 2.45) is 5.73 Å². The summed E-state index contributed by atoms with van der Waals surface area (Å²) in [6.45, 7) is 4.07. The van der Waals surface area contributed by atoms with Crippen LogP contribution in [0.3, 0.4) is 0 Å². The zero-order valence-electron chi connectivity index (χ0n) is 16.8. The normalized spacial score (nSPS) is 14.5. The number of nitrogens with one attached hydrogen (secondary N) is 1. The molecule has 7 heteroatoms. The minimum atomic E-state index is -0.627. The Morgan fingerprint density at radius 3 is 2.43 bits per heavy atom. The molecule has 0 saturated carbocycles. The molecule has 0 atom stereocenters. The molecule has 0 radical (unpaired) electrons. The van der Waals surface area contributed by atoms with E-state index in [1.807, 2.05) is 12.1 Å². The van der Waals surface area contributed by atoms with Crippen LogP contribution in [0.1, 0.15) is 10.5 Å². The molecular formula is C23H24FN5O. The molecule has 3 N–H and O–H groups in total. The molecule has 1 amide bonds. The first-order valence-corrected chi connectivity index (χ1v) is 9.86. The smallest absolute Gasteiger partial charge is 0.269 e. The van der Waals surface area contributed by atoms with Gasteiger partial charge in [0.05, 0.1) is 5.69 Å².